The molecule has 1 fully saturated rings. The summed E-state index contributed by atoms with van der Waals surface area (Å²) in [4.78, 5) is 16.4. The second kappa shape index (κ2) is 5.61. The molecule has 126 valence electrons. The molecule has 1 heterocycles. The van der Waals surface area contributed by atoms with Gasteiger partial charge in [0.25, 0.3) is 0 Å². The normalized spacial score (nSPS) is 15.3. The number of benzene rings is 2. The highest BCUT2D eigenvalue weighted by atomic mass is 35.5. The average Bonchev–Trinajstić information content (AvgIpc) is 3.36. The molecule has 0 radical (unpaired) electrons. The maximum absolute atomic E-state index is 11.8. The minimum Gasteiger partial charge on any atom is -0.505 e. The molecule has 0 atom stereocenters. The van der Waals surface area contributed by atoms with E-state index >= 15 is 0 Å². The van der Waals surface area contributed by atoms with Crippen molar-refractivity contribution in [1.29, 1.82) is 0 Å². The van der Waals surface area contributed by atoms with Crippen LogP contribution in [0.15, 0.2) is 42.5 Å². The number of fused-ring (bicyclic) bond motifs is 1. The fourth-order valence-corrected chi connectivity index (χ4v) is 3.63. The number of carboxylic acid groups (broad SMARTS) is 1. The number of carboxylic acids is 1. The van der Waals surface area contributed by atoms with E-state index in [1.54, 1.807) is 24.3 Å². The van der Waals surface area contributed by atoms with Gasteiger partial charge in [-0.15, -0.1) is 0 Å². The monoisotopic (exact) mass is 373 g/mol. The third-order valence-electron chi connectivity index (χ3n) is 4.74. The van der Waals surface area contributed by atoms with Gasteiger partial charge in [-0.3, -0.25) is 0 Å². The Morgan fingerprint density at radius 1 is 1.04 bits per heavy atom. The van der Waals surface area contributed by atoms with E-state index in [9.17, 15) is 15.0 Å². The Morgan fingerprint density at radius 3 is 2.28 bits per heavy atom. The molecule has 1 saturated carbocycles. The first kappa shape index (κ1) is 16.2. The Kier molecular flexibility index (Phi) is 3.63. The number of hydrogen-bond acceptors (Lipinski definition) is 3. The lowest BCUT2D eigenvalue weighted by molar-refractivity contribution is 0.0695. The Hall–Kier alpha value is -2.30. The highest BCUT2D eigenvalue weighted by Crippen LogP contribution is 2.56. The van der Waals surface area contributed by atoms with Crippen LogP contribution in [0.3, 0.4) is 0 Å². The summed E-state index contributed by atoms with van der Waals surface area (Å²) in [6.07, 6.45) is 1.57. The van der Waals surface area contributed by atoms with Gasteiger partial charge >= 0.3 is 5.97 Å². The summed E-state index contributed by atoms with van der Waals surface area (Å²) < 4.78 is 0. The molecule has 0 spiro atoms. The quantitative estimate of drug-likeness (QED) is 0.675. The zero-order valence-electron chi connectivity index (χ0n) is 13.0. The third kappa shape index (κ3) is 2.53. The van der Waals surface area contributed by atoms with E-state index in [2.05, 4.69) is 4.98 Å². The predicted octanol–water partition coefficient (Wildman–Crippen LogP) is 5.03. The molecule has 3 aromatic rings. The van der Waals surface area contributed by atoms with E-state index < -0.39 is 11.4 Å². The number of aromatic hydroxyl groups is 1. The van der Waals surface area contributed by atoms with Crippen LogP contribution in [0, 0.1) is 0 Å². The number of aromatic nitrogens is 1. The molecule has 0 saturated heterocycles. The summed E-state index contributed by atoms with van der Waals surface area (Å²) in [5.74, 6) is -1.50. The van der Waals surface area contributed by atoms with Gasteiger partial charge in [0.2, 0.25) is 0 Å². The molecule has 6 heteroatoms. The van der Waals surface area contributed by atoms with Crippen molar-refractivity contribution in [3.8, 4) is 5.75 Å². The summed E-state index contributed by atoms with van der Waals surface area (Å²) in [5.41, 5.74) is 1.20. The van der Waals surface area contributed by atoms with Crippen molar-refractivity contribution in [1.82, 2.24) is 4.98 Å². The van der Waals surface area contributed by atoms with Crippen LogP contribution in [-0.2, 0) is 5.41 Å². The lowest BCUT2D eigenvalue weighted by Crippen LogP contribution is -2.14. The summed E-state index contributed by atoms with van der Waals surface area (Å²) >= 11 is 11.9. The molecule has 0 unspecified atom stereocenters. The van der Waals surface area contributed by atoms with Crippen LogP contribution in [0.25, 0.3) is 10.9 Å². The van der Waals surface area contributed by atoms with Gasteiger partial charge in [0.15, 0.2) is 5.75 Å². The molecule has 1 aromatic heterocycles. The summed E-state index contributed by atoms with van der Waals surface area (Å²) in [5, 5.41) is 21.7. The molecule has 1 aliphatic rings. The molecule has 25 heavy (non-hydrogen) atoms. The summed E-state index contributed by atoms with van der Waals surface area (Å²) in [6.45, 7) is 0. The highest BCUT2D eigenvalue weighted by Gasteiger charge is 2.49. The predicted molar refractivity (Wildman–Crippen MR) is 96.8 cm³/mol. The van der Waals surface area contributed by atoms with E-state index in [1.165, 1.54) is 6.07 Å². The maximum atomic E-state index is 11.8. The molecule has 1 aliphatic carbocycles. The fraction of sp³-hybridized carbons (Fsp3) is 0.158. The molecule has 0 aliphatic heterocycles. The lowest BCUT2D eigenvalue weighted by Gasteiger charge is -2.19. The molecule has 2 N–H and O–H groups in total. The van der Waals surface area contributed by atoms with Crippen molar-refractivity contribution >= 4 is 40.1 Å². The Labute approximate surface area is 153 Å². The van der Waals surface area contributed by atoms with Crippen molar-refractivity contribution in [2.24, 2.45) is 0 Å². The van der Waals surface area contributed by atoms with Gasteiger partial charge in [-0.05, 0) is 48.7 Å². The van der Waals surface area contributed by atoms with Gasteiger partial charge in [0, 0.05) is 20.8 Å². The second-order valence-corrected chi connectivity index (χ2v) is 7.11. The van der Waals surface area contributed by atoms with Crippen LogP contribution < -0.4 is 0 Å². The minimum absolute atomic E-state index is 0.164. The topological polar surface area (TPSA) is 70.4 Å². The minimum atomic E-state index is -1.21. The standard InChI is InChI=1S/C19H13Cl2NO3/c20-11-3-1-10(2-4-11)19(7-8-19)17-16(23)15(18(24)25)13-9-12(21)5-6-14(13)22-17/h1-6,9,23H,7-8H2,(H,24,25). The smallest absolute Gasteiger partial charge is 0.340 e. The van der Waals surface area contributed by atoms with Crippen LogP contribution in [0.2, 0.25) is 10.0 Å². The van der Waals surface area contributed by atoms with Crippen molar-refractivity contribution in [2.45, 2.75) is 18.3 Å². The molecule has 4 nitrogen and oxygen atoms in total. The first-order chi connectivity index (χ1) is 11.9. The summed E-state index contributed by atoms with van der Waals surface area (Å²) in [7, 11) is 0. The second-order valence-electron chi connectivity index (χ2n) is 6.24. The Balaban J connectivity index is 1.99. The van der Waals surface area contributed by atoms with E-state index in [0.717, 1.165) is 18.4 Å². The van der Waals surface area contributed by atoms with E-state index in [-0.39, 0.29) is 11.3 Å². The number of carbonyl (C=O) groups is 1. The number of hydrogen-bond donors (Lipinski definition) is 2. The SMILES string of the molecule is O=C(O)c1c(O)c(C2(c3ccc(Cl)cc3)CC2)nc2ccc(Cl)cc12. The van der Waals surface area contributed by atoms with Crippen molar-refractivity contribution in [3.05, 3.63) is 69.3 Å². The van der Waals surface area contributed by atoms with E-state index in [1.807, 2.05) is 12.1 Å². The number of pyridine rings is 1. The van der Waals surface area contributed by atoms with Crippen LogP contribution in [0.4, 0.5) is 0 Å². The van der Waals surface area contributed by atoms with E-state index in [0.29, 0.717) is 26.6 Å². The molecular formula is C19H13Cl2NO3. The van der Waals surface area contributed by atoms with Crippen molar-refractivity contribution < 1.29 is 15.0 Å². The molecule has 4 rings (SSSR count). The average molecular weight is 374 g/mol. The largest absolute Gasteiger partial charge is 0.505 e. The molecule has 0 amide bonds. The van der Waals surface area contributed by atoms with E-state index in [4.69, 9.17) is 23.2 Å². The molecule has 0 bridgehead atoms. The van der Waals surface area contributed by atoms with Crippen molar-refractivity contribution in [2.75, 3.05) is 0 Å². The molecular weight excluding hydrogens is 361 g/mol. The van der Waals surface area contributed by atoms with Crippen LogP contribution in [0.5, 0.6) is 5.75 Å². The number of aromatic carboxylic acids is 1. The lowest BCUT2D eigenvalue weighted by atomic mass is 9.89. The fourth-order valence-electron chi connectivity index (χ4n) is 3.33. The first-order valence-electron chi connectivity index (χ1n) is 7.74. The first-order valence-corrected chi connectivity index (χ1v) is 8.50. The molecule has 2 aromatic carbocycles. The van der Waals surface area contributed by atoms with Gasteiger partial charge < -0.3 is 10.2 Å². The Bertz CT molecular complexity index is 1010. The summed E-state index contributed by atoms with van der Waals surface area (Å²) in [6, 6.07) is 12.2. The third-order valence-corrected chi connectivity index (χ3v) is 5.22. The van der Waals surface area contributed by atoms with Gasteiger partial charge in [-0.25, -0.2) is 9.78 Å². The van der Waals surface area contributed by atoms with Gasteiger partial charge in [-0.1, -0.05) is 35.3 Å². The van der Waals surface area contributed by atoms with Gasteiger partial charge in [-0.2, -0.15) is 0 Å². The van der Waals surface area contributed by atoms with Gasteiger partial charge in [0.1, 0.15) is 5.56 Å². The van der Waals surface area contributed by atoms with Crippen LogP contribution >= 0.6 is 23.2 Å². The van der Waals surface area contributed by atoms with Crippen LogP contribution in [0.1, 0.15) is 34.5 Å². The number of halogens is 2. The number of nitrogens with zero attached hydrogens (tertiary/aromatic N) is 1. The number of rotatable bonds is 3. The zero-order chi connectivity index (χ0) is 17.8. The van der Waals surface area contributed by atoms with Crippen molar-refractivity contribution in [3.63, 3.8) is 0 Å². The van der Waals surface area contributed by atoms with Gasteiger partial charge in [0.05, 0.1) is 11.2 Å². The van der Waals surface area contributed by atoms with Crippen LogP contribution in [-0.4, -0.2) is 21.2 Å². The zero-order valence-corrected chi connectivity index (χ0v) is 14.5. The highest BCUT2D eigenvalue weighted by molar-refractivity contribution is 6.31. The maximum Gasteiger partial charge on any atom is 0.340 e. The Morgan fingerprint density at radius 2 is 1.68 bits per heavy atom.